The number of nitrogens with two attached hydrogens (primary N) is 1. The van der Waals surface area contributed by atoms with Crippen molar-refractivity contribution in [1.82, 2.24) is 10.2 Å². The number of carboxylic acids is 1. The maximum atomic E-state index is 14.4. The van der Waals surface area contributed by atoms with Gasteiger partial charge in [0.05, 0.1) is 13.2 Å². The van der Waals surface area contributed by atoms with Crippen molar-refractivity contribution in [3.63, 3.8) is 0 Å². The SMILES string of the molecule is COC(=O)C(c1ccccc1F)N1CCC(SSCC(N)C(=O)NCC(=O)O)/C(=C\C=O)C1. The molecule has 1 aromatic carbocycles. The quantitative estimate of drug-likeness (QED) is 0.176. The number of methoxy groups -OCH3 is 1. The maximum absolute atomic E-state index is 14.4. The van der Waals surface area contributed by atoms with Gasteiger partial charge in [-0.15, -0.1) is 0 Å². The Labute approximate surface area is 198 Å². The van der Waals surface area contributed by atoms with Crippen molar-refractivity contribution < 1.29 is 33.4 Å². The second-order valence-corrected chi connectivity index (χ2v) is 9.79. The number of carbonyl (C=O) groups is 4. The minimum Gasteiger partial charge on any atom is -0.480 e. The van der Waals surface area contributed by atoms with Crippen LogP contribution in [0.25, 0.3) is 0 Å². The van der Waals surface area contributed by atoms with Crippen LogP contribution in [0.4, 0.5) is 4.39 Å². The highest BCUT2D eigenvalue weighted by Gasteiger charge is 2.35. The van der Waals surface area contributed by atoms with Gasteiger partial charge in [-0.1, -0.05) is 39.8 Å². The number of halogens is 1. The summed E-state index contributed by atoms with van der Waals surface area (Å²) in [6.07, 6.45) is 2.66. The molecule has 2 rings (SSSR count). The first kappa shape index (κ1) is 26.8. The molecule has 1 aromatic rings. The number of esters is 1. The topological polar surface area (TPSA) is 139 Å². The normalized spacial score (nSPS) is 19.5. The summed E-state index contributed by atoms with van der Waals surface area (Å²) in [6, 6.07) is 4.17. The van der Waals surface area contributed by atoms with Crippen LogP contribution in [-0.2, 0) is 23.9 Å². The first-order valence-corrected chi connectivity index (χ1v) is 12.4. The number of likely N-dealkylation sites (tertiary alicyclic amines) is 1. The van der Waals surface area contributed by atoms with Crippen molar-refractivity contribution in [1.29, 1.82) is 0 Å². The standard InChI is InChI=1S/C21H26FN3O6S2/c1-31-21(30)19(14-4-2-3-5-15(14)22)25-8-6-17(13(11-25)7-9-26)33-32-12-16(23)20(29)24-10-18(27)28/h2-5,7,9,16-17,19H,6,8,10-12,23H2,1H3,(H,24,29)(H,27,28)/b13-7-. The fraction of sp³-hybridized carbons (Fsp3) is 0.429. The van der Waals surface area contributed by atoms with Crippen molar-refractivity contribution in [3.8, 4) is 0 Å². The van der Waals surface area contributed by atoms with E-state index in [9.17, 15) is 23.6 Å². The van der Waals surface area contributed by atoms with E-state index < -0.39 is 42.3 Å². The Morgan fingerprint density at radius 1 is 1.39 bits per heavy atom. The third-order valence-electron chi connectivity index (χ3n) is 4.93. The molecule has 0 saturated carbocycles. The summed E-state index contributed by atoms with van der Waals surface area (Å²) in [6.45, 7) is 0.211. The van der Waals surface area contributed by atoms with Crippen LogP contribution in [0.2, 0.25) is 0 Å². The second kappa shape index (κ2) is 13.3. The number of carbonyl (C=O) groups excluding carboxylic acids is 3. The summed E-state index contributed by atoms with van der Waals surface area (Å²) in [5.41, 5.74) is 6.75. The van der Waals surface area contributed by atoms with E-state index in [1.807, 2.05) is 0 Å². The first-order chi connectivity index (χ1) is 15.8. The van der Waals surface area contributed by atoms with Gasteiger partial charge in [0.15, 0.2) is 0 Å². The molecule has 180 valence electrons. The van der Waals surface area contributed by atoms with Gasteiger partial charge < -0.3 is 20.9 Å². The van der Waals surface area contributed by atoms with E-state index in [0.29, 0.717) is 19.3 Å². The predicted octanol–water partition coefficient (Wildman–Crippen LogP) is 1.15. The highest BCUT2D eigenvalue weighted by molar-refractivity contribution is 8.77. The number of rotatable bonds is 11. The zero-order valence-electron chi connectivity index (χ0n) is 17.9. The molecule has 4 N–H and O–H groups in total. The fourth-order valence-corrected chi connectivity index (χ4v) is 6.15. The van der Waals surface area contributed by atoms with Gasteiger partial charge >= 0.3 is 11.9 Å². The van der Waals surface area contributed by atoms with Crippen LogP contribution in [0.15, 0.2) is 35.9 Å². The minimum absolute atomic E-state index is 0.0790. The van der Waals surface area contributed by atoms with Gasteiger partial charge in [-0.2, -0.15) is 0 Å². The Balaban J connectivity index is 2.03. The Morgan fingerprint density at radius 3 is 2.76 bits per heavy atom. The molecular formula is C21H26FN3O6S2. The maximum Gasteiger partial charge on any atom is 0.327 e. The van der Waals surface area contributed by atoms with Crippen molar-refractivity contribution in [2.45, 2.75) is 23.8 Å². The lowest BCUT2D eigenvalue weighted by Gasteiger charge is -2.37. The number of nitrogens with one attached hydrogen (secondary N) is 1. The number of ether oxygens (including phenoxy) is 1. The van der Waals surface area contributed by atoms with E-state index in [4.69, 9.17) is 15.6 Å². The summed E-state index contributed by atoms with van der Waals surface area (Å²) >= 11 is 0. The highest BCUT2D eigenvalue weighted by atomic mass is 33.1. The Hall–Kier alpha value is -2.41. The molecule has 1 amide bonds. The number of hydrogen-bond acceptors (Lipinski definition) is 9. The number of nitrogens with zero attached hydrogens (tertiary/aromatic N) is 1. The zero-order chi connectivity index (χ0) is 24.4. The molecule has 1 heterocycles. The van der Waals surface area contributed by atoms with E-state index >= 15 is 0 Å². The predicted molar refractivity (Wildman–Crippen MR) is 124 cm³/mol. The number of aliphatic carboxylic acids is 1. The van der Waals surface area contributed by atoms with Crippen LogP contribution in [0.3, 0.4) is 0 Å². The fourth-order valence-electron chi connectivity index (χ4n) is 3.31. The van der Waals surface area contributed by atoms with E-state index in [2.05, 4.69) is 5.32 Å². The van der Waals surface area contributed by atoms with Crippen molar-refractivity contribution in [2.24, 2.45) is 5.73 Å². The average molecular weight is 500 g/mol. The molecule has 0 radical (unpaired) electrons. The molecule has 3 unspecified atom stereocenters. The molecule has 0 spiro atoms. The van der Waals surface area contributed by atoms with Gasteiger partial charge in [-0.05, 0) is 24.1 Å². The number of aldehydes is 1. The summed E-state index contributed by atoms with van der Waals surface area (Å²) in [4.78, 5) is 47.8. The summed E-state index contributed by atoms with van der Waals surface area (Å²) in [7, 11) is 4.02. The lowest BCUT2D eigenvalue weighted by atomic mass is 9.98. The molecule has 12 heteroatoms. The van der Waals surface area contributed by atoms with Crippen LogP contribution < -0.4 is 11.1 Å². The molecule has 3 atom stereocenters. The number of allylic oxidation sites excluding steroid dienone is 1. The lowest BCUT2D eigenvalue weighted by Crippen LogP contribution is -2.44. The minimum atomic E-state index is -1.16. The van der Waals surface area contributed by atoms with E-state index in [1.54, 1.807) is 11.0 Å². The Bertz CT molecular complexity index is 901. The molecule has 0 aromatic heterocycles. The lowest BCUT2D eigenvalue weighted by molar-refractivity contribution is -0.147. The van der Waals surface area contributed by atoms with E-state index in [1.165, 1.54) is 53.0 Å². The van der Waals surface area contributed by atoms with Gasteiger partial charge in [0, 0.05) is 29.7 Å². The molecule has 9 nitrogen and oxygen atoms in total. The monoisotopic (exact) mass is 499 g/mol. The third-order valence-corrected chi connectivity index (χ3v) is 7.85. The largest absolute Gasteiger partial charge is 0.480 e. The molecule has 0 bridgehead atoms. The van der Waals surface area contributed by atoms with Crippen molar-refractivity contribution in [3.05, 3.63) is 47.3 Å². The molecule has 1 fully saturated rings. The summed E-state index contributed by atoms with van der Waals surface area (Å²) in [5, 5.41) is 10.8. The number of hydrogen-bond donors (Lipinski definition) is 3. The Morgan fingerprint density at radius 2 is 2.12 bits per heavy atom. The molecule has 33 heavy (non-hydrogen) atoms. The highest BCUT2D eigenvalue weighted by Crippen LogP contribution is 2.38. The van der Waals surface area contributed by atoms with Crippen LogP contribution in [0.1, 0.15) is 18.0 Å². The zero-order valence-corrected chi connectivity index (χ0v) is 19.6. The van der Waals surface area contributed by atoms with Gasteiger partial charge in [0.1, 0.15) is 24.7 Å². The number of piperidine rings is 1. The molecule has 1 saturated heterocycles. The molecule has 1 aliphatic rings. The van der Waals surface area contributed by atoms with Gasteiger partial charge in [-0.25, -0.2) is 9.18 Å². The number of amides is 1. The van der Waals surface area contributed by atoms with Crippen LogP contribution in [-0.4, -0.2) is 77.9 Å². The number of benzene rings is 1. The van der Waals surface area contributed by atoms with Gasteiger partial charge in [0.2, 0.25) is 5.91 Å². The first-order valence-electron chi connectivity index (χ1n) is 10.0. The van der Waals surface area contributed by atoms with Gasteiger partial charge in [-0.3, -0.25) is 19.3 Å². The van der Waals surface area contributed by atoms with Crippen molar-refractivity contribution in [2.75, 3.05) is 32.5 Å². The summed E-state index contributed by atoms with van der Waals surface area (Å²) in [5.74, 6) is -2.59. The third kappa shape index (κ3) is 7.84. The molecular weight excluding hydrogens is 473 g/mol. The number of carboxylic acid groups (broad SMARTS) is 1. The smallest absolute Gasteiger partial charge is 0.327 e. The van der Waals surface area contributed by atoms with Crippen molar-refractivity contribution >= 4 is 45.7 Å². The Kier molecular flexibility index (Phi) is 10.8. The van der Waals surface area contributed by atoms with Crippen LogP contribution in [0, 0.1) is 5.82 Å². The van der Waals surface area contributed by atoms with Gasteiger partial charge in [0.25, 0.3) is 0 Å². The second-order valence-electron chi connectivity index (χ2n) is 7.17. The van der Waals surface area contributed by atoms with E-state index in [-0.39, 0.29) is 23.1 Å². The van der Waals surface area contributed by atoms with Crippen LogP contribution in [0.5, 0.6) is 0 Å². The van der Waals surface area contributed by atoms with Crippen LogP contribution >= 0.6 is 21.6 Å². The van der Waals surface area contributed by atoms with E-state index in [0.717, 1.165) is 5.57 Å². The average Bonchev–Trinajstić information content (AvgIpc) is 2.80. The summed E-state index contributed by atoms with van der Waals surface area (Å²) < 4.78 is 19.3. The molecule has 0 aliphatic carbocycles. The molecule has 1 aliphatic heterocycles.